The Balaban J connectivity index is 1.43. The normalized spacial score (nSPS) is 16.0. The fraction of sp³-hybridized carbons (Fsp3) is 0.467. The lowest BCUT2D eigenvalue weighted by Gasteiger charge is -2.41. The van der Waals surface area contributed by atoms with Crippen molar-refractivity contribution in [2.75, 3.05) is 52.3 Å². The molecule has 1 fully saturated rings. The molecule has 1 aliphatic rings. The molecule has 2 aromatic carbocycles. The number of hydrogen-bond acceptors (Lipinski definition) is 7. The predicted octanol–water partition coefficient (Wildman–Crippen LogP) is 5.18. The van der Waals surface area contributed by atoms with Gasteiger partial charge in [0.05, 0.1) is 37.0 Å². The van der Waals surface area contributed by atoms with Gasteiger partial charge in [-0.1, -0.05) is 0 Å². The van der Waals surface area contributed by atoms with Crippen molar-refractivity contribution in [3.05, 3.63) is 59.5 Å². The number of carboxylic acids is 1. The minimum atomic E-state index is -1.31. The third-order valence-corrected chi connectivity index (χ3v) is 7.93. The van der Waals surface area contributed by atoms with Crippen LogP contribution in [0.25, 0.3) is 10.9 Å². The van der Waals surface area contributed by atoms with Gasteiger partial charge in [0.25, 0.3) is 0 Å². The van der Waals surface area contributed by atoms with Crippen molar-refractivity contribution in [3.8, 4) is 11.5 Å². The Labute approximate surface area is 237 Å². The fourth-order valence-electron chi connectivity index (χ4n) is 5.61. The van der Waals surface area contributed by atoms with Crippen molar-refractivity contribution >= 4 is 22.6 Å². The molecule has 0 aliphatic carbocycles. The van der Waals surface area contributed by atoms with E-state index in [1.807, 2.05) is 37.2 Å². The van der Waals surface area contributed by atoms with E-state index in [2.05, 4.69) is 9.88 Å². The average molecular weight is 576 g/mol. The van der Waals surface area contributed by atoms with Crippen LogP contribution < -0.4 is 14.4 Å². The third kappa shape index (κ3) is 7.20. The molecule has 222 valence electrons. The maximum atomic E-state index is 13.9. The first-order chi connectivity index (χ1) is 19.5. The molecule has 0 amide bonds. The van der Waals surface area contributed by atoms with Gasteiger partial charge in [-0.3, -0.25) is 14.7 Å². The van der Waals surface area contributed by atoms with E-state index in [0.29, 0.717) is 57.1 Å². The molecule has 0 saturated carbocycles. The number of likely N-dealkylation sites (tertiary alicyclic amines) is 1. The van der Waals surface area contributed by atoms with Gasteiger partial charge >= 0.3 is 5.97 Å². The number of anilines is 1. The highest BCUT2D eigenvalue weighted by Crippen LogP contribution is 2.43. The first-order valence-electron chi connectivity index (χ1n) is 13.6. The zero-order valence-electron chi connectivity index (χ0n) is 23.5. The number of nitrogens with zero attached hydrogens (tertiary/aromatic N) is 3. The summed E-state index contributed by atoms with van der Waals surface area (Å²) in [5.74, 6) is -4.20. The molecule has 8 nitrogen and oxygen atoms in total. The molecule has 2 N–H and O–H groups in total. The summed E-state index contributed by atoms with van der Waals surface area (Å²) in [5.41, 5.74) is 1.71. The zero-order valence-corrected chi connectivity index (χ0v) is 23.5. The largest absolute Gasteiger partial charge is 0.497 e. The molecule has 0 radical (unpaired) electrons. The Bertz CT molecular complexity index is 1380. The van der Waals surface area contributed by atoms with Gasteiger partial charge in [0.15, 0.2) is 11.6 Å². The average Bonchev–Trinajstić information content (AvgIpc) is 2.94. The topological polar surface area (TPSA) is 95.4 Å². The minimum Gasteiger partial charge on any atom is -0.497 e. The summed E-state index contributed by atoms with van der Waals surface area (Å²) < 4.78 is 51.4. The summed E-state index contributed by atoms with van der Waals surface area (Å²) >= 11 is 0. The van der Waals surface area contributed by atoms with E-state index in [-0.39, 0.29) is 13.0 Å². The van der Waals surface area contributed by atoms with Crippen LogP contribution in [0.15, 0.2) is 36.5 Å². The van der Waals surface area contributed by atoms with Gasteiger partial charge in [-0.25, -0.2) is 8.78 Å². The van der Waals surface area contributed by atoms with Gasteiger partial charge in [0, 0.05) is 43.7 Å². The van der Waals surface area contributed by atoms with Crippen molar-refractivity contribution in [1.29, 1.82) is 0 Å². The highest BCUT2D eigenvalue weighted by molar-refractivity contribution is 5.88. The number of halogens is 3. The standard InChI is InChI=1S/C30H36F3N3O5/c1-35(2)24-18-34-23-5-4-20(40-3)16-21(23)28(24)25(37)6-7-30(17-27(38)39)8-10-36(11-9-30)12-13-41-26-15-19(31)14-22(32)29(26)33/h4-5,14-16,18,25,37H,6-13,17H2,1-3H3,(H,38,39). The Morgan fingerprint density at radius 2 is 1.90 bits per heavy atom. The summed E-state index contributed by atoms with van der Waals surface area (Å²) in [6.45, 7) is 1.56. The van der Waals surface area contributed by atoms with Crippen molar-refractivity contribution in [1.82, 2.24) is 9.88 Å². The number of carbonyl (C=O) groups is 1. The van der Waals surface area contributed by atoms with Gasteiger partial charge in [-0.2, -0.15) is 4.39 Å². The van der Waals surface area contributed by atoms with Gasteiger partial charge in [-0.15, -0.1) is 0 Å². The number of pyridine rings is 1. The highest BCUT2D eigenvalue weighted by Gasteiger charge is 2.37. The quantitative estimate of drug-likeness (QED) is 0.286. The van der Waals surface area contributed by atoms with Crippen LogP contribution in [0.4, 0.5) is 18.9 Å². The van der Waals surface area contributed by atoms with Gasteiger partial charge < -0.3 is 24.6 Å². The molecule has 3 aromatic rings. The van der Waals surface area contributed by atoms with E-state index < -0.39 is 40.7 Å². The summed E-state index contributed by atoms with van der Waals surface area (Å²) in [6.07, 6.45) is 2.87. The lowest BCUT2D eigenvalue weighted by Crippen LogP contribution is -2.42. The van der Waals surface area contributed by atoms with Crippen molar-refractivity contribution in [2.24, 2.45) is 5.41 Å². The number of aliphatic hydroxyl groups is 1. The highest BCUT2D eigenvalue weighted by atomic mass is 19.2. The molecule has 11 heteroatoms. The molecule has 1 saturated heterocycles. The number of hydrogen-bond donors (Lipinski definition) is 2. The number of fused-ring (bicyclic) bond motifs is 1. The van der Waals surface area contributed by atoms with E-state index in [4.69, 9.17) is 9.47 Å². The predicted molar refractivity (Wildman–Crippen MR) is 149 cm³/mol. The van der Waals surface area contributed by atoms with Crippen LogP contribution in [0, 0.1) is 22.9 Å². The van der Waals surface area contributed by atoms with Crippen LogP contribution in [0.3, 0.4) is 0 Å². The van der Waals surface area contributed by atoms with Crippen molar-refractivity contribution in [2.45, 2.75) is 38.2 Å². The minimum absolute atomic E-state index is 0.0242. The van der Waals surface area contributed by atoms with Gasteiger partial charge in [-0.05, 0) is 62.4 Å². The number of carboxylic acid groups (broad SMARTS) is 1. The molecule has 41 heavy (non-hydrogen) atoms. The Kier molecular flexibility index (Phi) is 9.60. The smallest absolute Gasteiger partial charge is 0.303 e. The zero-order chi connectivity index (χ0) is 29.7. The van der Waals surface area contributed by atoms with Crippen LogP contribution in [0.5, 0.6) is 11.5 Å². The molecular formula is C30H36F3N3O5. The summed E-state index contributed by atoms with van der Waals surface area (Å²) in [7, 11) is 5.34. The number of methoxy groups -OCH3 is 1. The lowest BCUT2D eigenvalue weighted by atomic mass is 9.71. The number of rotatable bonds is 12. The Hall–Kier alpha value is -3.57. The molecule has 2 heterocycles. The molecule has 1 aromatic heterocycles. The molecule has 0 spiro atoms. The van der Waals surface area contributed by atoms with Crippen molar-refractivity contribution in [3.63, 3.8) is 0 Å². The van der Waals surface area contributed by atoms with Gasteiger partial charge in [0.1, 0.15) is 18.2 Å². The second kappa shape index (κ2) is 12.9. The molecule has 4 rings (SSSR count). The number of benzene rings is 2. The summed E-state index contributed by atoms with van der Waals surface area (Å²) in [4.78, 5) is 20.3. The monoisotopic (exact) mass is 575 g/mol. The van der Waals surface area contributed by atoms with Gasteiger partial charge in [0.2, 0.25) is 5.82 Å². The van der Waals surface area contributed by atoms with Crippen molar-refractivity contribution < 1.29 is 37.7 Å². The SMILES string of the molecule is COc1ccc2ncc(N(C)C)c(C(O)CCC3(CC(=O)O)CCN(CCOc4cc(F)cc(F)c4F)CC3)c2c1. The van der Waals surface area contributed by atoms with E-state index in [1.165, 1.54) is 0 Å². The first-order valence-corrected chi connectivity index (χ1v) is 13.6. The molecule has 0 bridgehead atoms. The third-order valence-electron chi connectivity index (χ3n) is 7.93. The Morgan fingerprint density at radius 1 is 1.17 bits per heavy atom. The number of ether oxygens (including phenoxy) is 2. The second-order valence-electron chi connectivity index (χ2n) is 10.8. The lowest BCUT2D eigenvalue weighted by molar-refractivity contribution is -0.141. The van der Waals surface area contributed by atoms with Crippen LogP contribution in [-0.2, 0) is 4.79 Å². The van der Waals surface area contributed by atoms with E-state index in [1.54, 1.807) is 13.3 Å². The van der Waals surface area contributed by atoms with E-state index in [0.717, 1.165) is 28.2 Å². The second-order valence-corrected chi connectivity index (χ2v) is 10.8. The maximum absolute atomic E-state index is 13.9. The summed E-state index contributed by atoms with van der Waals surface area (Å²) in [5, 5.41) is 22.0. The molecule has 1 unspecified atom stereocenters. The van der Waals surface area contributed by atoms with Crippen LogP contribution >= 0.6 is 0 Å². The first kappa shape index (κ1) is 30.4. The van der Waals surface area contributed by atoms with Crippen LogP contribution in [0.1, 0.15) is 43.8 Å². The molecular weight excluding hydrogens is 539 g/mol. The van der Waals surface area contributed by atoms with E-state index >= 15 is 0 Å². The number of aromatic nitrogens is 1. The molecule has 1 atom stereocenters. The maximum Gasteiger partial charge on any atom is 0.303 e. The number of aliphatic hydroxyl groups excluding tert-OH is 1. The fourth-order valence-corrected chi connectivity index (χ4v) is 5.61. The Morgan fingerprint density at radius 3 is 2.56 bits per heavy atom. The van der Waals surface area contributed by atoms with E-state index in [9.17, 15) is 28.2 Å². The number of aliphatic carboxylic acids is 1. The summed E-state index contributed by atoms with van der Waals surface area (Å²) in [6, 6.07) is 6.77. The molecule has 1 aliphatic heterocycles. The van der Waals surface area contributed by atoms with Crippen LogP contribution in [0.2, 0.25) is 0 Å². The van der Waals surface area contributed by atoms with Crippen LogP contribution in [-0.4, -0.2) is 73.5 Å². The number of piperidine rings is 1.